The zero-order valence-corrected chi connectivity index (χ0v) is 9.54. The van der Waals surface area contributed by atoms with Crippen LogP contribution in [0.25, 0.3) is 0 Å². The first-order valence-electron chi connectivity index (χ1n) is 5.12. The number of nitrogens with two attached hydrogens (primary N) is 1. The molecule has 1 aromatic carbocycles. The lowest BCUT2D eigenvalue weighted by molar-refractivity contribution is 0.586. The van der Waals surface area contributed by atoms with Crippen molar-refractivity contribution in [1.82, 2.24) is 9.97 Å². The van der Waals surface area contributed by atoms with E-state index in [0.717, 1.165) is 12.1 Å². The molecule has 1 heterocycles. The standard InChI is InChI=1S/C11H11F2N5/c1-15-10-9(14)11(17-5-16-10)18-8-3-2-6(12)4-7(8)13/h2-5H,14H2,1H3,(H2,15,16,17,18). The lowest BCUT2D eigenvalue weighted by Crippen LogP contribution is -2.05. The van der Waals surface area contributed by atoms with Gasteiger partial charge in [0.1, 0.15) is 23.6 Å². The monoisotopic (exact) mass is 251 g/mol. The number of anilines is 4. The lowest BCUT2D eigenvalue weighted by atomic mass is 10.3. The second-order valence-electron chi connectivity index (χ2n) is 3.48. The van der Waals surface area contributed by atoms with Gasteiger partial charge in [0, 0.05) is 13.1 Å². The third-order valence-corrected chi connectivity index (χ3v) is 2.30. The van der Waals surface area contributed by atoms with Crippen LogP contribution >= 0.6 is 0 Å². The first-order valence-corrected chi connectivity index (χ1v) is 5.12. The van der Waals surface area contributed by atoms with Gasteiger partial charge in [0.05, 0.1) is 5.69 Å². The molecule has 0 fully saturated rings. The van der Waals surface area contributed by atoms with E-state index in [1.54, 1.807) is 7.05 Å². The van der Waals surface area contributed by atoms with E-state index in [9.17, 15) is 8.78 Å². The molecule has 0 spiro atoms. The number of hydrogen-bond donors (Lipinski definition) is 3. The Morgan fingerprint density at radius 3 is 2.56 bits per heavy atom. The van der Waals surface area contributed by atoms with Crippen LogP contribution < -0.4 is 16.4 Å². The van der Waals surface area contributed by atoms with Crippen molar-refractivity contribution in [3.63, 3.8) is 0 Å². The van der Waals surface area contributed by atoms with Gasteiger partial charge in [-0.2, -0.15) is 0 Å². The molecule has 0 saturated heterocycles. The highest BCUT2D eigenvalue weighted by molar-refractivity contribution is 5.77. The van der Waals surface area contributed by atoms with Crippen LogP contribution in [0.15, 0.2) is 24.5 Å². The Balaban J connectivity index is 2.34. The Bertz CT molecular complexity index is 573. The summed E-state index contributed by atoms with van der Waals surface area (Å²) >= 11 is 0. The summed E-state index contributed by atoms with van der Waals surface area (Å²) in [6.07, 6.45) is 1.28. The van der Waals surface area contributed by atoms with Gasteiger partial charge in [0.25, 0.3) is 0 Å². The van der Waals surface area contributed by atoms with Gasteiger partial charge < -0.3 is 16.4 Å². The van der Waals surface area contributed by atoms with Crippen LogP contribution in [0.2, 0.25) is 0 Å². The number of rotatable bonds is 3. The fourth-order valence-electron chi connectivity index (χ4n) is 1.41. The maximum Gasteiger partial charge on any atom is 0.159 e. The zero-order valence-electron chi connectivity index (χ0n) is 9.54. The molecule has 94 valence electrons. The minimum Gasteiger partial charge on any atom is -0.393 e. The average molecular weight is 251 g/mol. The largest absolute Gasteiger partial charge is 0.393 e. The van der Waals surface area contributed by atoms with Crippen LogP contribution in [0.3, 0.4) is 0 Å². The molecule has 0 aliphatic carbocycles. The van der Waals surface area contributed by atoms with Crippen molar-refractivity contribution in [2.75, 3.05) is 23.4 Å². The molecule has 0 aliphatic rings. The van der Waals surface area contributed by atoms with Crippen molar-refractivity contribution in [2.24, 2.45) is 0 Å². The van der Waals surface area contributed by atoms with Crippen molar-refractivity contribution < 1.29 is 8.78 Å². The number of nitrogens with one attached hydrogen (secondary N) is 2. The van der Waals surface area contributed by atoms with E-state index in [1.165, 1.54) is 12.4 Å². The van der Waals surface area contributed by atoms with Crippen molar-refractivity contribution in [3.05, 3.63) is 36.2 Å². The molecule has 0 aliphatic heterocycles. The van der Waals surface area contributed by atoms with E-state index in [0.29, 0.717) is 5.82 Å². The molecule has 2 aromatic rings. The molecule has 5 nitrogen and oxygen atoms in total. The van der Waals surface area contributed by atoms with Crippen LogP contribution in [0.4, 0.5) is 31.8 Å². The highest BCUT2D eigenvalue weighted by Crippen LogP contribution is 2.26. The van der Waals surface area contributed by atoms with Gasteiger partial charge >= 0.3 is 0 Å². The number of halogens is 2. The van der Waals surface area contributed by atoms with E-state index in [4.69, 9.17) is 5.73 Å². The van der Waals surface area contributed by atoms with E-state index >= 15 is 0 Å². The Hall–Kier alpha value is -2.44. The number of nitrogen functional groups attached to an aromatic ring is 1. The number of aromatic nitrogens is 2. The summed E-state index contributed by atoms with van der Waals surface area (Å²) in [5.74, 6) is -0.696. The van der Waals surface area contributed by atoms with Gasteiger partial charge in [-0.05, 0) is 12.1 Å². The van der Waals surface area contributed by atoms with Crippen molar-refractivity contribution in [3.8, 4) is 0 Å². The Morgan fingerprint density at radius 1 is 1.17 bits per heavy atom. The van der Waals surface area contributed by atoms with E-state index < -0.39 is 11.6 Å². The molecule has 1 aromatic heterocycles. The van der Waals surface area contributed by atoms with Crippen LogP contribution in [0, 0.1) is 11.6 Å². The summed E-state index contributed by atoms with van der Waals surface area (Å²) in [5.41, 5.74) is 6.12. The van der Waals surface area contributed by atoms with Crippen LogP contribution in [-0.2, 0) is 0 Å². The summed E-state index contributed by atoms with van der Waals surface area (Å²) in [4.78, 5) is 7.79. The Morgan fingerprint density at radius 2 is 1.89 bits per heavy atom. The van der Waals surface area contributed by atoms with E-state index in [2.05, 4.69) is 20.6 Å². The summed E-state index contributed by atoms with van der Waals surface area (Å²) in [6, 6.07) is 3.19. The maximum atomic E-state index is 13.4. The quantitative estimate of drug-likeness (QED) is 0.779. The third kappa shape index (κ3) is 2.29. The van der Waals surface area contributed by atoms with Gasteiger partial charge in [0.15, 0.2) is 11.6 Å². The summed E-state index contributed by atoms with van der Waals surface area (Å²) in [5, 5.41) is 5.46. The molecular formula is C11H11F2N5. The number of benzene rings is 1. The van der Waals surface area contributed by atoms with Gasteiger partial charge in [-0.3, -0.25) is 0 Å². The van der Waals surface area contributed by atoms with Crippen molar-refractivity contribution in [1.29, 1.82) is 0 Å². The van der Waals surface area contributed by atoms with Crippen molar-refractivity contribution >= 4 is 23.0 Å². The minimum atomic E-state index is -0.723. The first-order chi connectivity index (χ1) is 8.61. The number of hydrogen-bond acceptors (Lipinski definition) is 5. The molecule has 0 radical (unpaired) electrons. The summed E-state index contributed by atoms with van der Waals surface area (Å²) in [6.45, 7) is 0. The smallest absolute Gasteiger partial charge is 0.159 e. The molecule has 0 atom stereocenters. The molecule has 0 bridgehead atoms. The molecule has 0 unspecified atom stereocenters. The van der Waals surface area contributed by atoms with Gasteiger partial charge in [-0.15, -0.1) is 0 Å². The summed E-state index contributed by atoms with van der Waals surface area (Å²) in [7, 11) is 1.65. The molecule has 2 rings (SSSR count). The minimum absolute atomic E-state index is 0.0869. The zero-order chi connectivity index (χ0) is 13.1. The van der Waals surface area contributed by atoms with Gasteiger partial charge in [-0.1, -0.05) is 0 Å². The Kier molecular flexibility index (Phi) is 3.22. The fourth-order valence-corrected chi connectivity index (χ4v) is 1.41. The van der Waals surface area contributed by atoms with E-state index in [-0.39, 0.29) is 17.2 Å². The van der Waals surface area contributed by atoms with Gasteiger partial charge in [0.2, 0.25) is 0 Å². The second kappa shape index (κ2) is 4.82. The molecule has 0 saturated carbocycles. The Labute approximate surface area is 102 Å². The normalized spacial score (nSPS) is 10.2. The average Bonchev–Trinajstić information content (AvgIpc) is 2.35. The van der Waals surface area contributed by atoms with E-state index in [1.807, 2.05) is 0 Å². The van der Waals surface area contributed by atoms with Crippen LogP contribution in [0.5, 0.6) is 0 Å². The van der Waals surface area contributed by atoms with Crippen molar-refractivity contribution in [2.45, 2.75) is 0 Å². The fraction of sp³-hybridized carbons (Fsp3) is 0.0909. The molecule has 7 heteroatoms. The first kappa shape index (κ1) is 12.0. The lowest BCUT2D eigenvalue weighted by Gasteiger charge is -2.11. The molecule has 4 N–H and O–H groups in total. The predicted octanol–water partition coefficient (Wildman–Crippen LogP) is 2.12. The number of nitrogens with zero attached hydrogens (tertiary/aromatic N) is 2. The molecule has 18 heavy (non-hydrogen) atoms. The highest BCUT2D eigenvalue weighted by Gasteiger charge is 2.09. The molecular weight excluding hydrogens is 240 g/mol. The summed E-state index contributed by atoms with van der Waals surface area (Å²) < 4.78 is 26.2. The van der Waals surface area contributed by atoms with Crippen LogP contribution in [0.1, 0.15) is 0 Å². The van der Waals surface area contributed by atoms with Crippen LogP contribution in [-0.4, -0.2) is 17.0 Å². The topological polar surface area (TPSA) is 75.9 Å². The third-order valence-electron chi connectivity index (χ3n) is 2.30. The molecule has 0 amide bonds. The predicted molar refractivity (Wildman–Crippen MR) is 65.6 cm³/mol. The SMILES string of the molecule is CNc1ncnc(Nc2ccc(F)cc2F)c1N. The highest BCUT2D eigenvalue weighted by atomic mass is 19.1. The maximum absolute atomic E-state index is 13.4. The van der Waals surface area contributed by atoms with Gasteiger partial charge in [-0.25, -0.2) is 18.7 Å². The second-order valence-corrected chi connectivity index (χ2v) is 3.48.